The van der Waals surface area contributed by atoms with Gasteiger partial charge in [-0.25, -0.2) is 9.78 Å². The summed E-state index contributed by atoms with van der Waals surface area (Å²) >= 11 is 0. The van der Waals surface area contributed by atoms with Gasteiger partial charge in [0.2, 0.25) is 5.95 Å². The van der Waals surface area contributed by atoms with Crippen molar-refractivity contribution in [2.45, 2.75) is 6.42 Å². The predicted octanol–water partition coefficient (Wildman–Crippen LogP) is 4.73. The van der Waals surface area contributed by atoms with Crippen LogP contribution in [-0.2, 0) is 6.42 Å². The molecule has 29 heavy (non-hydrogen) atoms. The van der Waals surface area contributed by atoms with Crippen LogP contribution in [0.4, 0.5) is 17.5 Å². The lowest BCUT2D eigenvalue weighted by atomic mass is 10.1. The number of para-hydroxylation sites is 1. The standard InChI is InChI=1S/C23H20N4O2/c28-22(29)17-10-12-18(13-11-17)25-23-26-20-9-5-4-8-19(20)21(27-23)24-15-14-16-6-2-1-3-7-16/h1-13H,14-15H2,(H,28,29)(H2,24,25,26,27). The highest BCUT2D eigenvalue weighted by molar-refractivity contribution is 5.90. The molecule has 6 heteroatoms. The largest absolute Gasteiger partial charge is 0.478 e. The van der Waals surface area contributed by atoms with E-state index in [1.54, 1.807) is 24.3 Å². The lowest BCUT2D eigenvalue weighted by Gasteiger charge is -2.12. The zero-order valence-corrected chi connectivity index (χ0v) is 15.7. The topological polar surface area (TPSA) is 87.1 Å². The van der Waals surface area contributed by atoms with Crippen molar-refractivity contribution >= 4 is 34.3 Å². The molecule has 0 saturated carbocycles. The smallest absolute Gasteiger partial charge is 0.335 e. The second-order valence-electron chi connectivity index (χ2n) is 6.58. The Morgan fingerprint density at radius 3 is 2.34 bits per heavy atom. The minimum Gasteiger partial charge on any atom is -0.478 e. The first-order chi connectivity index (χ1) is 14.2. The highest BCUT2D eigenvalue weighted by atomic mass is 16.4. The first-order valence-corrected chi connectivity index (χ1v) is 9.34. The summed E-state index contributed by atoms with van der Waals surface area (Å²) in [7, 11) is 0. The van der Waals surface area contributed by atoms with E-state index in [-0.39, 0.29) is 5.56 Å². The maximum Gasteiger partial charge on any atom is 0.335 e. The van der Waals surface area contributed by atoms with Crippen LogP contribution in [0.25, 0.3) is 10.9 Å². The molecule has 3 N–H and O–H groups in total. The van der Waals surface area contributed by atoms with Crippen LogP contribution in [0.2, 0.25) is 0 Å². The molecule has 3 aromatic carbocycles. The van der Waals surface area contributed by atoms with Crippen LogP contribution in [0.15, 0.2) is 78.9 Å². The molecule has 4 rings (SSSR count). The predicted molar refractivity (Wildman–Crippen MR) is 115 cm³/mol. The van der Waals surface area contributed by atoms with E-state index >= 15 is 0 Å². The summed E-state index contributed by atoms with van der Waals surface area (Å²) in [6.45, 7) is 0.748. The van der Waals surface area contributed by atoms with Crippen molar-refractivity contribution in [3.63, 3.8) is 0 Å². The molecule has 0 aliphatic carbocycles. The van der Waals surface area contributed by atoms with Crippen molar-refractivity contribution in [2.75, 3.05) is 17.2 Å². The Morgan fingerprint density at radius 2 is 1.59 bits per heavy atom. The summed E-state index contributed by atoms with van der Waals surface area (Å²) in [6, 6.07) is 24.6. The monoisotopic (exact) mass is 384 g/mol. The number of nitrogens with one attached hydrogen (secondary N) is 2. The molecule has 0 bridgehead atoms. The zero-order valence-electron chi connectivity index (χ0n) is 15.7. The van der Waals surface area contributed by atoms with Gasteiger partial charge < -0.3 is 15.7 Å². The molecular weight excluding hydrogens is 364 g/mol. The molecule has 0 aliphatic rings. The number of rotatable bonds is 7. The Hall–Kier alpha value is -3.93. The SMILES string of the molecule is O=C(O)c1ccc(Nc2nc(NCCc3ccccc3)c3ccccc3n2)cc1. The highest BCUT2D eigenvalue weighted by Crippen LogP contribution is 2.23. The summed E-state index contributed by atoms with van der Waals surface area (Å²) in [5, 5.41) is 16.6. The van der Waals surface area contributed by atoms with Crippen LogP contribution in [0, 0.1) is 0 Å². The average molecular weight is 384 g/mol. The third-order valence-electron chi connectivity index (χ3n) is 4.54. The maximum absolute atomic E-state index is 11.0. The van der Waals surface area contributed by atoms with E-state index in [2.05, 4.69) is 32.7 Å². The molecule has 0 saturated heterocycles. The second-order valence-corrected chi connectivity index (χ2v) is 6.58. The highest BCUT2D eigenvalue weighted by Gasteiger charge is 2.08. The van der Waals surface area contributed by atoms with E-state index in [9.17, 15) is 4.79 Å². The molecule has 144 valence electrons. The van der Waals surface area contributed by atoms with E-state index in [0.717, 1.165) is 35.4 Å². The first kappa shape index (κ1) is 18.4. The van der Waals surface area contributed by atoms with Gasteiger partial charge in [0, 0.05) is 17.6 Å². The quantitative estimate of drug-likeness (QED) is 0.427. The summed E-state index contributed by atoms with van der Waals surface area (Å²) in [4.78, 5) is 20.2. The molecule has 6 nitrogen and oxygen atoms in total. The van der Waals surface area contributed by atoms with Gasteiger partial charge in [0.05, 0.1) is 11.1 Å². The normalized spacial score (nSPS) is 10.6. The van der Waals surface area contributed by atoms with Crippen molar-refractivity contribution in [1.29, 1.82) is 0 Å². The van der Waals surface area contributed by atoms with Crippen molar-refractivity contribution in [1.82, 2.24) is 9.97 Å². The van der Waals surface area contributed by atoms with Gasteiger partial charge >= 0.3 is 5.97 Å². The molecular formula is C23H20N4O2. The van der Waals surface area contributed by atoms with E-state index in [4.69, 9.17) is 5.11 Å². The van der Waals surface area contributed by atoms with Crippen molar-refractivity contribution in [3.8, 4) is 0 Å². The van der Waals surface area contributed by atoms with Gasteiger partial charge in [0.25, 0.3) is 0 Å². The average Bonchev–Trinajstić information content (AvgIpc) is 2.75. The molecule has 0 unspecified atom stereocenters. The molecule has 0 amide bonds. The van der Waals surface area contributed by atoms with E-state index < -0.39 is 5.97 Å². The second kappa shape index (κ2) is 8.39. The van der Waals surface area contributed by atoms with Crippen LogP contribution in [0.1, 0.15) is 15.9 Å². The van der Waals surface area contributed by atoms with Crippen LogP contribution in [0.5, 0.6) is 0 Å². The fourth-order valence-corrected chi connectivity index (χ4v) is 3.06. The summed E-state index contributed by atoms with van der Waals surface area (Å²) < 4.78 is 0. The molecule has 0 radical (unpaired) electrons. The minimum absolute atomic E-state index is 0.234. The van der Waals surface area contributed by atoms with Gasteiger partial charge in [0.15, 0.2) is 0 Å². The van der Waals surface area contributed by atoms with Gasteiger partial charge in [-0.15, -0.1) is 0 Å². The van der Waals surface area contributed by atoms with Crippen LogP contribution < -0.4 is 10.6 Å². The number of aromatic carboxylic acids is 1. The van der Waals surface area contributed by atoms with Gasteiger partial charge in [-0.05, 0) is 48.4 Å². The number of carboxylic acids is 1. The Bertz CT molecular complexity index is 1130. The third kappa shape index (κ3) is 4.50. The molecule has 4 aromatic rings. The van der Waals surface area contributed by atoms with E-state index in [1.807, 2.05) is 42.5 Å². The summed E-state index contributed by atoms with van der Waals surface area (Å²) in [5.74, 6) is 0.258. The number of hydrogen-bond acceptors (Lipinski definition) is 5. The number of anilines is 3. The molecule has 0 fully saturated rings. The van der Waals surface area contributed by atoms with Crippen molar-refractivity contribution < 1.29 is 9.90 Å². The number of nitrogens with zero attached hydrogens (tertiary/aromatic N) is 2. The molecule has 0 atom stereocenters. The lowest BCUT2D eigenvalue weighted by Crippen LogP contribution is -2.09. The Morgan fingerprint density at radius 1 is 0.862 bits per heavy atom. The van der Waals surface area contributed by atoms with Crippen LogP contribution >= 0.6 is 0 Å². The maximum atomic E-state index is 11.0. The zero-order chi connectivity index (χ0) is 20.1. The van der Waals surface area contributed by atoms with Gasteiger partial charge in [0.1, 0.15) is 5.82 Å². The van der Waals surface area contributed by atoms with E-state index in [0.29, 0.717) is 5.95 Å². The van der Waals surface area contributed by atoms with Crippen molar-refractivity contribution in [2.24, 2.45) is 0 Å². The number of carbonyl (C=O) groups is 1. The molecule has 0 aliphatic heterocycles. The Labute approximate surface area is 168 Å². The van der Waals surface area contributed by atoms with Crippen LogP contribution in [-0.4, -0.2) is 27.6 Å². The Balaban J connectivity index is 1.55. The van der Waals surface area contributed by atoms with E-state index in [1.165, 1.54) is 5.56 Å². The number of carboxylic acid groups (broad SMARTS) is 1. The Kier molecular flexibility index (Phi) is 5.33. The third-order valence-corrected chi connectivity index (χ3v) is 4.54. The molecule has 1 heterocycles. The van der Waals surface area contributed by atoms with Gasteiger partial charge in [-0.2, -0.15) is 4.98 Å². The summed E-state index contributed by atoms with van der Waals surface area (Å²) in [5.41, 5.74) is 3.04. The molecule has 1 aromatic heterocycles. The number of benzene rings is 3. The van der Waals surface area contributed by atoms with Gasteiger partial charge in [-0.1, -0.05) is 42.5 Å². The van der Waals surface area contributed by atoms with Crippen molar-refractivity contribution in [3.05, 3.63) is 90.0 Å². The summed E-state index contributed by atoms with van der Waals surface area (Å²) in [6.07, 6.45) is 0.887. The minimum atomic E-state index is -0.955. The lowest BCUT2D eigenvalue weighted by molar-refractivity contribution is 0.0697. The number of aromatic nitrogens is 2. The fourth-order valence-electron chi connectivity index (χ4n) is 3.06. The number of fused-ring (bicyclic) bond motifs is 1. The van der Waals surface area contributed by atoms with Crippen LogP contribution in [0.3, 0.4) is 0 Å². The van der Waals surface area contributed by atoms with Gasteiger partial charge in [-0.3, -0.25) is 0 Å². The molecule has 0 spiro atoms. The fraction of sp³-hybridized carbons (Fsp3) is 0.0870. The first-order valence-electron chi connectivity index (χ1n) is 9.34. The number of hydrogen-bond donors (Lipinski definition) is 3.